The Morgan fingerprint density at radius 1 is 0.882 bits per heavy atom. The van der Waals surface area contributed by atoms with Gasteiger partial charge >= 0.3 is 0 Å². The summed E-state index contributed by atoms with van der Waals surface area (Å²) in [7, 11) is 0. The van der Waals surface area contributed by atoms with E-state index in [2.05, 4.69) is 5.32 Å². The summed E-state index contributed by atoms with van der Waals surface area (Å²) >= 11 is 12.9. The molecule has 1 atom stereocenters. The summed E-state index contributed by atoms with van der Waals surface area (Å²) in [4.78, 5) is 28.6. The monoisotopic (exact) mass is 496 g/mol. The third-order valence-electron chi connectivity index (χ3n) is 5.69. The van der Waals surface area contributed by atoms with Gasteiger partial charge in [-0.1, -0.05) is 96.4 Å². The zero-order chi connectivity index (χ0) is 24.5. The van der Waals surface area contributed by atoms with E-state index in [1.165, 1.54) is 0 Å². The van der Waals surface area contributed by atoms with Crippen LogP contribution in [0.3, 0.4) is 0 Å². The smallest absolute Gasteiger partial charge is 0.243 e. The van der Waals surface area contributed by atoms with Gasteiger partial charge in [-0.05, 0) is 36.6 Å². The number of halogens is 2. The molecule has 4 nitrogen and oxygen atoms in total. The van der Waals surface area contributed by atoms with Gasteiger partial charge in [0.25, 0.3) is 0 Å². The summed E-state index contributed by atoms with van der Waals surface area (Å²) in [6.45, 7) is 4.68. The lowest BCUT2D eigenvalue weighted by molar-refractivity contribution is -0.140. The molecule has 178 valence electrons. The molecule has 2 amide bonds. The number of hydrogen-bond donors (Lipinski definition) is 1. The summed E-state index contributed by atoms with van der Waals surface area (Å²) in [6, 6.07) is 22.1. The molecule has 0 spiro atoms. The van der Waals surface area contributed by atoms with Crippen molar-refractivity contribution in [3.05, 3.63) is 105 Å². The Morgan fingerprint density at radius 3 is 2.15 bits per heavy atom. The van der Waals surface area contributed by atoms with E-state index in [9.17, 15) is 9.59 Å². The maximum atomic E-state index is 13.7. The summed E-state index contributed by atoms with van der Waals surface area (Å²) < 4.78 is 0. The van der Waals surface area contributed by atoms with Crippen LogP contribution in [0.15, 0.2) is 72.8 Å². The lowest BCUT2D eigenvalue weighted by Crippen LogP contribution is -2.51. The fourth-order valence-electron chi connectivity index (χ4n) is 3.76. The number of hydrogen-bond acceptors (Lipinski definition) is 2. The summed E-state index contributed by atoms with van der Waals surface area (Å²) in [6.07, 6.45) is 1.37. The fourth-order valence-corrected chi connectivity index (χ4v) is 4.27. The highest BCUT2D eigenvalue weighted by molar-refractivity contribution is 6.36. The van der Waals surface area contributed by atoms with Crippen molar-refractivity contribution in [1.29, 1.82) is 0 Å². The first kappa shape index (κ1) is 25.8. The van der Waals surface area contributed by atoms with Crippen LogP contribution in [0.5, 0.6) is 0 Å². The predicted molar refractivity (Wildman–Crippen MR) is 139 cm³/mol. The molecule has 3 rings (SSSR count). The van der Waals surface area contributed by atoms with Crippen LogP contribution in [0.1, 0.15) is 35.6 Å². The lowest BCUT2D eigenvalue weighted by Gasteiger charge is -2.32. The SMILES string of the molecule is CCCNC(=O)[C@@H](Cc1ccccc1)N(Cc1c(Cl)cccc1Cl)C(=O)Cc1ccc(C)cc1. The van der Waals surface area contributed by atoms with Crippen molar-refractivity contribution in [3.63, 3.8) is 0 Å². The number of aryl methyl sites for hydroxylation is 1. The molecule has 0 saturated heterocycles. The molecule has 0 fully saturated rings. The Balaban J connectivity index is 1.99. The Hall–Kier alpha value is -2.82. The minimum absolute atomic E-state index is 0.139. The molecule has 0 unspecified atom stereocenters. The second kappa shape index (κ2) is 12.6. The van der Waals surface area contributed by atoms with Gasteiger partial charge in [0.2, 0.25) is 11.8 Å². The van der Waals surface area contributed by atoms with Gasteiger partial charge in [-0.25, -0.2) is 0 Å². The Bertz CT molecular complexity index is 1080. The molecule has 0 aromatic heterocycles. The van der Waals surface area contributed by atoms with Crippen LogP contribution in [-0.4, -0.2) is 29.3 Å². The summed E-state index contributed by atoms with van der Waals surface area (Å²) in [5.74, 6) is -0.349. The van der Waals surface area contributed by atoms with E-state index in [1.54, 1.807) is 23.1 Å². The van der Waals surface area contributed by atoms with Gasteiger partial charge in [0, 0.05) is 35.1 Å². The average molecular weight is 497 g/mol. The van der Waals surface area contributed by atoms with Crippen molar-refractivity contribution in [2.24, 2.45) is 0 Å². The minimum Gasteiger partial charge on any atom is -0.354 e. The van der Waals surface area contributed by atoms with E-state index in [0.29, 0.717) is 28.6 Å². The van der Waals surface area contributed by atoms with E-state index >= 15 is 0 Å². The lowest BCUT2D eigenvalue weighted by atomic mass is 10.0. The molecule has 6 heteroatoms. The van der Waals surface area contributed by atoms with Gasteiger partial charge in [0.15, 0.2) is 0 Å². The zero-order valence-corrected chi connectivity index (χ0v) is 21.1. The predicted octanol–water partition coefficient (Wildman–Crippen LogP) is 6.01. The number of benzene rings is 3. The van der Waals surface area contributed by atoms with Gasteiger partial charge in [-0.15, -0.1) is 0 Å². The quantitative estimate of drug-likeness (QED) is 0.373. The molecule has 0 saturated carbocycles. The van der Waals surface area contributed by atoms with Gasteiger partial charge in [-0.3, -0.25) is 9.59 Å². The second-order valence-electron chi connectivity index (χ2n) is 8.38. The van der Waals surface area contributed by atoms with Gasteiger partial charge in [0.05, 0.1) is 6.42 Å². The van der Waals surface area contributed by atoms with Crippen molar-refractivity contribution in [2.45, 2.75) is 45.7 Å². The highest BCUT2D eigenvalue weighted by atomic mass is 35.5. The molecular weight excluding hydrogens is 467 g/mol. The largest absolute Gasteiger partial charge is 0.354 e. The summed E-state index contributed by atoms with van der Waals surface area (Å²) in [5, 5.41) is 3.91. The number of nitrogens with one attached hydrogen (secondary N) is 1. The number of carbonyl (C=O) groups excluding carboxylic acids is 2. The molecule has 34 heavy (non-hydrogen) atoms. The molecule has 1 N–H and O–H groups in total. The Morgan fingerprint density at radius 2 is 1.53 bits per heavy atom. The molecule has 3 aromatic carbocycles. The fraction of sp³-hybridized carbons (Fsp3) is 0.286. The first-order chi connectivity index (χ1) is 16.4. The molecular formula is C28H30Cl2N2O2. The van der Waals surface area contributed by atoms with E-state index in [0.717, 1.165) is 23.1 Å². The van der Waals surface area contributed by atoms with Crippen LogP contribution in [-0.2, 0) is 29.0 Å². The first-order valence-electron chi connectivity index (χ1n) is 11.5. The third-order valence-corrected chi connectivity index (χ3v) is 6.39. The van der Waals surface area contributed by atoms with Gasteiger partial charge < -0.3 is 10.2 Å². The van der Waals surface area contributed by atoms with Crippen molar-refractivity contribution >= 4 is 35.0 Å². The van der Waals surface area contributed by atoms with Crippen LogP contribution in [0.2, 0.25) is 10.0 Å². The standard InChI is InChI=1S/C28H30Cl2N2O2/c1-3-16-31-28(34)26(17-21-8-5-4-6-9-21)32(19-23-24(29)10-7-11-25(23)30)27(33)18-22-14-12-20(2)13-15-22/h4-15,26H,3,16-19H2,1-2H3,(H,31,34)/t26-/m1/s1. The number of rotatable bonds is 10. The minimum atomic E-state index is -0.709. The molecule has 0 heterocycles. The molecule has 3 aromatic rings. The van der Waals surface area contributed by atoms with E-state index in [1.807, 2.05) is 68.4 Å². The maximum absolute atomic E-state index is 13.7. The zero-order valence-electron chi connectivity index (χ0n) is 19.6. The van der Waals surface area contributed by atoms with Crippen LogP contribution in [0, 0.1) is 6.92 Å². The van der Waals surface area contributed by atoms with Crippen LogP contribution < -0.4 is 5.32 Å². The summed E-state index contributed by atoms with van der Waals surface area (Å²) in [5.41, 5.74) is 3.61. The normalized spacial score (nSPS) is 11.6. The molecule has 0 radical (unpaired) electrons. The van der Waals surface area contributed by atoms with Crippen molar-refractivity contribution in [2.75, 3.05) is 6.54 Å². The molecule has 0 aliphatic heterocycles. The van der Waals surface area contributed by atoms with E-state index in [-0.39, 0.29) is 24.8 Å². The van der Waals surface area contributed by atoms with Crippen molar-refractivity contribution < 1.29 is 9.59 Å². The van der Waals surface area contributed by atoms with Crippen molar-refractivity contribution in [3.8, 4) is 0 Å². The van der Waals surface area contributed by atoms with Crippen molar-refractivity contribution in [1.82, 2.24) is 10.2 Å². The highest BCUT2D eigenvalue weighted by Gasteiger charge is 2.31. The Kier molecular flexibility index (Phi) is 9.55. The first-order valence-corrected chi connectivity index (χ1v) is 12.2. The molecule has 0 bridgehead atoms. The van der Waals surface area contributed by atoms with Gasteiger partial charge in [0.1, 0.15) is 6.04 Å². The molecule has 0 aliphatic carbocycles. The Labute approximate surface area is 211 Å². The van der Waals surface area contributed by atoms with Crippen LogP contribution >= 0.6 is 23.2 Å². The van der Waals surface area contributed by atoms with E-state index in [4.69, 9.17) is 23.2 Å². The molecule has 0 aliphatic rings. The number of nitrogens with zero attached hydrogens (tertiary/aromatic N) is 1. The van der Waals surface area contributed by atoms with Gasteiger partial charge in [-0.2, -0.15) is 0 Å². The topological polar surface area (TPSA) is 49.4 Å². The number of amides is 2. The van der Waals surface area contributed by atoms with E-state index < -0.39 is 6.04 Å². The average Bonchev–Trinajstić information content (AvgIpc) is 2.83. The van der Waals surface area contributed by atoms with Crippen LogP contribution in [0.25, 0.3) is 0 Å². The third kappa shape index (κ3) is 7.09. The number of carbonyl (C=O) groups is 2. The maximum Gasteiger partial charge on any atom is 0.243 e. The highest BCUT2D eigenvalue weighted by Crippen LogP contribution is 2.27. The van der Waals surface area contributed by atoms with Crippen LogP contribution in [0.4, 0.5) is 0 Å². The second-order valence-corrected chi connectivity index (χ2v) is 9.20.